The van der Waals surface area contributed by atoms with Gasteiger partial charge in [-0.3, -0.25) is 9.79 Å². The number of furan rings is 1. The van der Waals surface area contributed by atoms with E-state index in [0.29, 0.717) is 31.1 Å². The summed E-state index contributed by atoms with van der Waals surface area (Å²) in [6.07, 6.45) is 12.0. The molecule has 1 unspecified atom stereocenters. The zero-order valence-electron chi connectivity index (χ0n) is 14.3. The van der Waals surface area contributed by atoms with Gasteiger partial charge in [0.25, 0.3) is 0 Å². The molecule has 1 amide bonds. The summed E-state index contributed by atoms with van der Waals surface area (Å²) in [7, 11) is 0. The Balaban J connectivity index is 1.53. The standard InChI is InChI=1S/C20H24N2O2/c1-14-12-17(16-6-4-3-5-7-16)13-21-20(14)22-19(23)11-10-18-9-8-15(2)24-18/h3-4,6,8-9,12,17H,5,7,10-11,13H2,1-2H3,(H,21,22,23). The van der Waals surface area contributed by atoms with Crippen LogP contribution < -0.4 is 5.32 Å². The van der Waals surface area contributed by atoms with Gasteiger partial charge in [0.1, 0.15) is 17.4 Å². The summed E-state index contributed by atoms with van der Waals surface area (Å²) in [5.74, 6) is 2.77. The first-order chi connectivity index (χ1) is 11.6. The van der Waals surface area contributed by atoms with Gasteiger partial charge in [-0.25, -0.2) is 0 Å². The molecule has 1 aromatic rings. The molecular weight excluding hydrogens is 300 g/mol. The minimum Gasteiger partial charge on any atom is -0.466 e. The van der Waals surface area contributed by atoms with E-state index >= 15 is 0 Å². The topological polar surface area (TPSA) is 54.6 Å². The molecule has 1 atom stereocenters. The maximum absolute atomic E-state index is 12.1. The largest absolute Gasteiger partial charge is 0.466 e. The highest BCUT2D eigenvalue weighted by Crippen LogP contribution is 2.25. The molecule has 0 saturated heterocycles. The Morgan fingerprint density at radius 2 is 2.25 bits per heavy atom. The van der Waals surface area contributed by atoms with Gasteiger partial charge < -0.3 is 9.73 Å². The average Bonchev–Trinajstić information content (AvgIpc) is 3.01. The van der Waals surface area contributed by atoms with E-state index in [2.05, 4.69) is 34.6 Å². The van der Waals surface area contributed by atoms with Crippen LogP contribution in [0.1, 0.15) is 37.7 Å². The SMILES string of the molecule is CC1=CC(C2=CC=CCC2)CN=C1NC(=O)CCc1ccc(C)o1. The van der Waals surface area contributed by atoms with Crippen molar-refractivity contribution in [2.24, 2.45) is 10.9 Å². The third-order valence-electron chi connectivity index (χ3n) is 4.45. The number of amides is 1. The number of amidine groups is 1. The predicted octanol–water partition coefficient (Wildman–Crippen LogP) is 3.89. The van der Waals surface area contributed by atoms with Gasteiger partial charge in [-0.1, -0.05) is 29.9 Å². The van der Waals surface area contributed by atoms with Crippen LogP contribution in [0.2, 0.25) is 0 Å². The summed E-state index contributed by atoms with van der Waals surface area (Å²) in [5, 5.41) is 2.94. The summed E-state index contributed by atoms with van der Waals surface area (Å²) in [5.41, 5.74) is 2.48. The van der Waals surface area contributed by atoms with Crippen LogP contribution in [0.3, 0.4) is 0 Å². The van der Waals surface area contributed by atoms with Crippen molar-refractivity contribution in [1.29, 1.82) is 0 Å². The van der Waals surface area contributed by atoms with Crippen molar-refractivity contribution in [2.75, 3.05) is 6.54 Å². The molecule has 0 spiro atoms. The first-order valence-electron chi connectivity index (χ1n) is 8.56. The van der Waals surface area contributed by atoms with Gasteiger partial charge in [-0.05, 0) is 44.4 Å². The molecule has 4 heteroatoms. The van der Waals surface area contributed by atoms with Crippen LogP contribution >= 0.6 is 0 Å². The molecule has 0 fully saturated rings. The van der Waals surface area contributed by atoms with Crippen molar-refractivity contribution < 1.29 is 9.21 Å². The summed E-state index contributed by atoms with van der Waals surface area (Å²) in [6.45, 7) is 4.63. The van der Waals surface area contributed by atoms with Crippen LogP contribution in [0, 0.1) is 12.8 Å². The molecule has 1 aliphatic heterocycles. The Bertz CT molecular complexity index is 735. The number of aryl methyl sites for hydroxylation is 2. The van der Waals surface area contributed by atoms with E-state index in [4.69, 9.17) is 4.42 Å². The second-order valence-electron chi connectivity index (χ2n) is 6.41. The summed E-state index contributed by atoms with van der Waals surface area (Å²) < 4.78 is 5.49. The summed E-state index contributed by atoms with van der Waals surface area (Å²) in [6, 6.07) is 3.84. The summed E-state index contributed by atoms with van der Waals surface area (Å²) in [4.78, 5) is 16.7. The minimum absolute atomic E-state index is 0.0196. The number of rotatable bonds is 4. The maximum atomic E-state index is 12.1. The number of allylic oxidation sites excluding steroid dienone is 3. The lowest BCUT2D eigenvalue weighted by atomic mass is 9.89. The van der Waals surface area contributed by atoms with E-state index in [0.717, 1.165) is 29.9 Å². The van der Waals surface area contributed by atoms with Gasteiger partial charge in [-0.15, -0.1) is 0 Å². The molecule has 2 heterocycles. The zero-order valence-corrected chi connectivity index (χ0v) is 14.3. The van der Waals surface area contributed by atoms with E-state index in [-0.39, 0.29) is 5.91 Å². The molecule has 0 radical (unpaired) electrons. The number of dihydropyridines is 1. The first kappa shape index (κ1) is 16.5. The van der Waals surface area contributed by atoms with E-state index in [1.807, 2.05) is 26.0 Å². The van der Waals surface area contributed by atoms with Gasteiger partial charge in [0.15, 0.2) is 0 Å². The fourth-order valence-corrected chi connectivity index (χ4v) is 3.09. The van der Waals surface area contributed by atoms with Crippen LogP contribution in [0.4, 0.5) is 0 Å². The van der Waals surface area contributed by atoms with Crippen LogP contribution in [-0.4, -0.2) is 18.3 Å². The number of carbonyl (C=O) groups excluding carboxylic acids is 1. The number of carbonyl (C=O) groups is 1. The molecule has 24 heavy (non-hydrogen) atoms. The van der Waals surface area contributed by atoms with Crippen molar-refractivity contribution in [3.8, 4) is 0 Å². The zero-order chi connectivity index (χ0) is 16.9. The number of hydrogen-bond acceptors (Lipinski definition) is 3. The van der Waals surface area contributed by atoms with Crippen molar-refractivity contribution in [1.82, 2.24) is 5.32 Å². The number of nitrogens with zero attached hydrogens (tertiary/aromatic N) is 1. The average molecular weight is 324 g/mol. The monoisotopic (exact) mass is 324 g/mol. The van der Waals surface area contributed by atoms with Gasteiger partial charge in [0.05, 0.1) is 6.54 Å². The third-order valence-corrected chi connectivity index (χ3v) is 4.45. The Hall–Kier alpha value is -2.36. The van der Waals surface area contributed by atoms with Crippen molar-refractivity contribution in [3.05, 3.63) is 59.1 Å². The predicted molar refractivity (Wildman–Crippen MR) is 95.9 cm³/mol. The first-order valence-corrected chi connectivity index (χ1v) is 8.56. The second kappa shape index (κ2) is 7.47. The lowest BCUT2D eigenvalue weighted by molar-refractivity contribution is -0.119. The molecule has 4 nitrogen and oxygen atoms in total. The van der Waals surface area contributed by atoms with E-state index in [1.165, 1.54) is 5.57 Å². The quantitative estimate of drug-likeness (QED) is 0.913. The Morgan fingerprint density at radius 3 is 2.92 bits per heavy atom. The van der Waals surface area contributed by atoms with Gasteiger partial charge >= 0.3 is 0 Å². The highest BCUT2D eigenvalue weighted by Gasteiger charge is 2.19. The highest BCUT2D eigenvalue weighted by molar-refractivity contribution is 6.07. The van der Waals surface area contributed by atoms with Gasteiger partial charge in [0.2, 0.25) is 5.91 Å². The van der Waals surface area contributed by atoms with Crippen molar-refractivity contribution in [2.45, 2.75) is 39.5 Å². The normalized spacial score (nSPS) is 20.2. The lowest BCUT2D eigenvalue weighted by Crippen LogP contribution is -2.34. The Kier molecular flexibility index (Phi) is 5.14. The molecule has 3 rings (SSSR count). The third kappa shape index (κ3) is 4.13. The maximum Gasteiger partial charge on any atom is 0.225 e. The number of nitrogens with one attached hydrogen (secondary N) is 1. The van der Waals surface area contributed by atoms with Crippen molar-refractivity contribution >= 4 is 11.7 Å². The number of aliphatic imine (C=N–C) groups is 1. The van der Waals surface area contributed by atoms with Gasteiger partial charge in [-0.2, -0.15) is 0 Å². The van der Waals surface area contributed by atoms with Crippen LogP contribution in [0.25, 0.3) is 0 Å². The van der Waals surface area contributed by atoms with Gasteiger partial charge in [0, 0.05) is 18.8 Å². The minimum atomic E-state index is -0.0196. The highest BCUT2D eigenvalue weighted by atomic mass is 16.3. The van der Waals surface area contributed by atoms with Crippen LogP contribution in [-0.2, 0) is 11.2 Å². The fraction of sp³-hybridized carbons (Fsp3) is 0.400. The molecule has 1 aliphatic carbocycles. The Morgan fingerprint density at radius 1 is 1.38 bits per heavy atom. The molecule has 2 aliphatic rings. The molecule has 1 N–H and O–H groups in total. The molecule has 126 valence electrons. The van der Waals surface area contributed by atoms with Crippen LogP contribution in [0.15, 0.2) is 57.0 Å². The van der Waals surface area contributed by atoms with E-state index in [9.17, 15) is 4.79 Å². The molecular formula is C20H24N2O2. The van der Waals surface area contributed by atoms with Crippen LogP contribution in [0.5, 0.6) is 0 Å². The molecule has 0 bridgehead atoms. The van der Waals surface area contributed by atoms with Crippen molar-refractivity contribution in [3.63, 3.8) is 0 Å². The molecule has 1 aromatic heterocycles. The number of hydrogen-bond donors (Lipinski definition) is 1. The molecule has 0 aromatic carbocycles. The van der Waals surface area contributed by atoms with E-state index in [1.54, 1.807) is 0 Å². The fourth-order valence-electron chi connectivity index (χ4n) is 3.09. The van der Waals surface area contributed by atoms with E-state index < -0.39 is 0 Å². The summed E-state index contributed by atoms with van der Waals surface area (Å²) >= 11 is 0. The lowest BCUT2D eigenvalue weighted by Gasteiger charge is -2.23. The Labute approximate surface area is 143 Å². The molecule has 0 saturated carbocycles. The smallest absolute Gasteiger partial charge is 0.225 e. The second-order valence-corrected chi connectivity index (χ2v) is 6.41.